The smallest absolute Gasteiger partial charge is 0.339 e. The lowest BCUT2D eigenvalue weighted by molar-refractivity contribution is 0.0276. The third-order valence-corrected chi connectivity index (χ3v) is 3.30. The summed E-state index contributed by atoms with van der Waals surface area (Å²) in [5, 5.41) is 0. The molecule has 0 atom stereocenters. The van der Waals surface area contributed by atoms with Gasteiger partial charge in [-0.1, -0.05) is 38.8 Å². The summed E-state index contributed by atoms with van der Waals surface area (Å²) < 4.78 is 52.3. The van der Waals surface area contributed by atoms with Gasteiger partial charge in [-0.25, -0.2) is 9.59 Å². The van der Waals surface area contributed by atoms with Crippen LogP contribution in [0.15, 0.2) is 24.2 Å². The second-order valence-electron chi connectivity index (χ2n) is 5.45. The predicted molar refractivity (Wildman–Crippen MR) is 98.5 cm³/mol. The minimum absolute atomic E-state index is 0.106. The van der Waals surface area contributed by atoms with Crippen LogP contribution in [0, 0.1) is 0 Å². The van der Waals surface area contributed by atoms with Crippen molar-refractivity contribution in [3.8, 4) is 0 Å². The van der Waals surface area contributed by atoms with E-state index in [1.165, 1.54) is 0 Å². The average Bonchev–Trinajstić information content (AvgIpc) is 2.73. The van der Waals surface area contributed by atoms with Crippen molar-refractivity contribution in [2.75, 3.05) is 39.6 Å². The highest BCUT2D eigenvalue weighted by Gasteiger charge is 2.18. The Balaban J connectivity index is 2.89. The van der Waals surface area contributed by atoms with Gasteiger partial charge in [-0.3, -0.25) is 0 Å². The molecule has 0 aliphatic carbocycles. The number of hydrogen-bond acceptors (Lipinski definition) is 6. The Bertz CT molecular complexity index is 652. The van der Waals surface area contributed by atoms with Gasteiger partial charge >= 0.3 is 11.9 Å². The van der Waals surface area contributed by atoms with Gasteiger partial charge in [0.25, 0.3) is 0 Å². The van der Waals surface area contributed by atoms with Crippen LogP contribution in [0.4, 0.5) is 0 Å². The molecule has 6 nitrogen and oxygen atoms in total. The van der Waals surface area contributed by atoms with Gasteiger partial charge in [0.2, 0.25) is 0 Å². The number of rotatable bonds is 14. The molecule has 0 unspecified atom stereocenters. The van der Waals surface area contributed by atoms with Gasteiger partial charge in [-0.15, -0.1) is 0 Å². The maximum Gasteiger partial charge on any atom is 0.339 e. The van der Waals surface area contributed by atoms with E-state index in [1.54, 1.807) is 0 Å². The van der Waals surface area contributed by atoms with E-state index in [2.05, 4.69) is 0 Å². The summed E-state index contributed by atoms with van der Waals surface area (Å²) >= 11 is 0. The van der Waals surface area contributed by atoms with E-state index in [0.717, 1.165) is 25.7 Å². The molecular formula is C20H30O6. The Labute approximate surface area is 161 Å². The highest BCUT2D eigenvalue weighted by molar-refractivity contribution is 6.03. The zero-order valence-corrected chi connectivity index (χ0v) is 15.5. The van der Waals surface area contributed by atoms with Crippen LogP contribution < -0.4 is 0 Å². The van der Waals surface area contributed by atoms with E-state index in [-0.39, 0.29) is 26.4 Å². The molecule has 1 aromatic carbocycles. The van der Waals surface area contributed by atoms with Gasteiger partial charge in [0.1, 0.15) is 13.2 Å². The van der Waals surface area contributed by atoms with Gasteiger partial charge in [-0.2, -0.15) is 0 Å². The lowest BCUT2D eigenvalue weighted by atomic mass is 10.1. The van der Waals surface area contributed by atoms with Gasteiger partial charge in [0, 0.05) is 13.2 Å². The van der Waals surface area contributed by atoms with Crippen LogP contribution in [-0.2, 0) is 18.9 Å². The van der Waals surface area contributed by atoms with Crippen molar-refractivity contribution in [2.24, 2.45) is 0 Å². The van der Waals surface area contributed by atoms with Crippen LogP contribution in [0.5, 0.6) is 0 Å². The van der Waals surface area contributed by atoms with Crippen molar-refractivity contribution < 1.29 is 34.0 Å². The number of benzene rings is 1. The van der Waals surface area contributed by atoms with Gasteiger partial charge in [0.15, 0.2) is 0 Å². The van der Waals surface area contributed by atoms with Crippen LogP contribution in [-0.4, -0.2) is 51.6 Å². The third-order valence-electron chi connectivity index (χ3n) is 3.30. The fraction of sp³-hybridized carbons (Fsp3) is 0.600. The monoisotopic (exact) mass is 370 g/mol. The Hall–Kier alpha value is -1.92. The molecular weight excluding hydrogens is 336 g/mol. The number of carbonyl (C=O) groups excluding carboxylic acids is 2. The van der Waals surface area contributed by atoms with E-state index < -0.39 is 47.2 Å². The maximum atomic E-state index is 12.5. The normalized spacial score (nSPS) is 12.7. The van der Waals surface area contributed by atoms with Crippen LogP contribution in [0.1, 0.15) is 65.7 Å². The quantitative estimate of drug-likeness (QED) is 0.368. The molecule has 1 aromatic rings. The minimum Gasteiger partial charge on any atom is -0.460 e. The third kappa shape index (κ3) is 8.97. The summed E-state index contributed by atoms with van der Waals surface area (Å²) in [6.45, 7) is 5.16. The first-order valence-electron chi connectivity index (χ1n) is 11.0. The topological polar surface area (TPSA) is 71.1 Å². The summed E-state index contributed by atoms with van der Waals surface area (Å²) in [5.74, 6) is -2.07. The van der Waals surface area contributed by atoms with Crippen molar-refractivity contribution in [1.82, 2.24) is 0 Å². The maximum absolute atomic E-state index is 12.5. The zero-order chi connectivity index (χ0) is 22.5. The van der Waals surface area contributed by atoms with Crippen molar-refractivity contribution >= 4 is 11.9 Å². The lowest BCUT2D eigenvalue weighted by Gasteiger charge is -2.10. The molecule has 0 radical (unpaired) electrons. The summed E-state index contributed by atoms with van der Waals surface area (Å²) in [6.07, 6.45) is 3.68. The van der Waals surface area contributed by atoms with Crippen LogP contribution >= 0.6 is 0 Å². The molecule has 0 aromatic heterocycles. The van der Waals surface area contributed by atoms with Crippen LogP contribution in [0.25, 0.3) is 0 Å². The largest absolute Gasteiger partial charge is 0.460 e. The number of carbonyl (C=O) groups is 2. The predicted octanol–water partition coefficient (Wildman–Crippen LogP) is 3.63. The highest BCUT2D eigenvalue weighted by atomic mass is 16.6. The molecule has 0 fully saturated rings. The molecule has 0 aliphatic rings. The highest BCUT2D eigenvalue weighted by Crippen LogP contribution is 2.12. The first-order chi connectivity index (χ1) is 14.4. The standard InChI is InChI=1S/C20H30O6/c1-3-5-11-23-13-15-25-19(21)17-9-7-8-10-18(17)20(22)26-16-14-24-12-6-4-2/h7-10H,3-6,11-16H2,1-2H3/i7D,8D,9D,10D. The molecule has 0 spiro atoms. The molecule has 0 amide bonds. The fourth-order valence-electron chi connectivity index (χ4n) is 1.85. The number of ether oxygens (including phenoxy) is 4. The summed E-state index contributed by atoms with van der Waals surface area (Å²) in [6, 6.07) is -2.57. The molecule has 0 heterocycles. The lowest BCUT2D eigenvalue weighted by Crippen LogP contribution is -2.17. The molecule has 26 heavy (non-hydrogen) atoms. The SMILES string of the molecule is [2H]c1c([2H])c([2H])c(C(=O)OCCOCCCC)c(C(=O)OCCOCCCC)c1[2H]. The van der Waals surface area contributed by atoms with Gasteiger partial charge < -0.3 is 18.9 Å². The zero-order valence-electron chi connectivity index (χ0n) is 19.5. The molecule has 1 rings (SSSR count). The molecule has 146 valence electrons. The number of hydrogen-bond donors (Lipinski definition) is 0. The first kappa shape index (κ1) is 16.3. The molecule has 0 bridgehead atoms. The van der Waals surface area contributed by atoms with E-state index in [9.17, 15) is 9.59 Å². The fourth-order valence-corrected chi connectivity index (χ4v) is 1.85. The Morgan fingerprint density at radius 2 is 1.19 bits per heavy atom. The van der Waals surface area contributed by atoms with E-state index >= 15 is 0 Å². The minimum atomic E-state index is -1.03. The number of esters is 2. The molecule has 0 aliphatic heterocycles. The number of unbranched alkanes of at least 4 members (excludes halogenated alkanes) is 2. The Morgan fingerprint density at radius 3 is 1.58 bits per heavy atom. The van der Waals surface area contributed by atoms with Gasteiger partial charge in [-0.05, 0) is 24.9 Å². The molecule has 6 heteroatoms. The van der Waals surface area contributed by atoms with Crippen molar-refractivity contribution in [3.05, 3.63) is 35.3 Å². The van der Waals surface area contributed by atoms with Crippen LogP contribution in [0.3, 0.4) is 0 Å². The van der Waals surface area contributed by atoms with Crippen molar-refractivity contribution in [3.63, 3.8) is 0 Å². The van der Waals surface area contributed by atoms with Gasteiger partial charge in [0.05, 0.1) is 29.8 Å². The van der Waals surface area contributed by atoms with E-state index in [0.29, 0.717) is 13.2 Å². The molecule has 0 N–H and O–H groups in total. The summed E-state index contributed by atoms with van der Waals surface area (Å²) in [7, 11) is 0. The van der Waals surface area contributed by atoms with E-state index in [4.69, 9.17) is 24.4 Å². The first-order valence-corrected chi connectivity index (χ1v) is 8.96. The van der Waals surface area contributed by atoms with Crippen molar-refractivity contribution in [2.45, 2.75) is 39.5 Å². The Morgan fingerprint density at radius 1 is 0.769 bits per heavy atom. The second kappa shape index (κ2) is 14.3. The Kier molecular flexibility index (Phi) is 8.93. The molecule has 0 saturated carbocycles. The second-order valence-corrected chi connectivity index (χ2v) is 5.45. The van der Waals surface area contributed by atoms with Crippen molar-refractivity contribution in [1.29, 1.82) is 0 Å². The van der Waals surface area contributed by atoms with E-state index in [1.807, 2.05) is 13.8 Å². The molecule has 0 saturated heterocycles. The van der Waals surface area contributed by atoms with Crippen LogP contribution in [0.2, 0.25) is 0 Å². The summed E-state index contributed by atoms with van der Waals surface area (Å²) in [4.78, 5) is 25.0. The average molecular weight is 370 g/mol. The summed E-state index contributed by atoms with van der Waals surface area (Å²) in [5.41, 5.74) is -1.10.